The highest BCUT2D eigenvalue weighted by molar-refractivity contribution is 7.89. The molecular weight excluding hydrogens is 235 g/mol. The number of benzene rings is 1. The highest BCUT2D eigenvalue weighted by Gasteiger charge is 2.16. The van der Waals surface area contributed by atoms with Crippen LogP contribution in [0.3, 0.4) is 0 Å². The van der Waals surface area contributed by atoms with Crippen molar-refractivity contribution in [2.45, 2.75) is 5.16 Å². The molecule has 0 aliphatic rings. The summed E-state index contributed by atoms with van der Waals surface area (Å²) in [5.74, 6) is -0.593. The second-order valence-electron chi connectivity index (χ2n) is 2.99. The standard InChI is InChI=1S/C8H7FN4O2S/c9-6-4-2-1-3-5(6)7-11-8(13-12-7)16(10,14)15/h1-4H,(H2,10,14,15)(H,11,12,13). The first-order chi connectivity index (χ1) is 7.48. The van der Waals surface area contributed by atoms with Crippen LogP contribution in [-0.4, -0.2) is 23.6 Å². The number of nitrogens with two attached hydrogens (primary N) is 1. The molecule has 0 amide bonds. The van der Waals surface area contributed by atoms with E-state index in [-0.39, 0.29) is 11.4 Å². The van der Waals surface area contributed by atoms with Crippen LogP contribution in [-0.2, 0) is 10.0 Å². The van der Waals surface area contributed by atoms with Crippen molar-refractivity contribution in [3.05, 3.63) is 30.1 Å². The number of primary sulfonamides is 1. The van der Waals surface area contributed by atoms with Gasteiger partial charge in [-0.1, -0.05) is 12.1 Å². The van der Waals surface area contributed by atoms with E-state index in [1.807, 2.05) is 0 Å². The Bertz CT molecular complexity index is 622. The quantitative estimate of drug-likeness (QED) is 0.788. The zero-order valence-electron chi connectivity index (χ0n) is 7.88. The van der Waals surface area contributed by atoms with Gasteiger partial charge in [-0.05, 0) is 12.1 Å². The average Bonchev–Trinajstić information content (AvgIpc) is 2.66. The van der Waals surface area contributed by atoms with Crippen molar-refractivity contribution in [3.8, 4) is 11.4 Å². The van der Waals surface area contributed by atoms with Gasteiger partial charge in [-0.25, -0.2) is 23.0 Å². The SMILES string of the molecule is NS(=O)(=O)c1nc(-c2ccccc2F)n[nH]1. The second-order valence-corrected chi connectivity index (χ2v) is 4.47. The number of nitrogens with zero attached hydrogens (tertiary/aromatic N) is 2. The third kappa shape index (κ3) is 1.92. The maximum Gasteiger partial charge on any atom is 0.273 e. The average molecular weight is 242 g/mol. The third-order valence-electron chi connectivity index (χ3n) is 1.85. The molecule has 3 N–H and O–H groups in total. The third-order valence-corrected chi connectivity index (χ3v) is 2.57. The maximum absolute atomic E-state index is 13.3. The number of nitrogens with one attached hydrogen (secondary N) is 1. The lowest BCUT2D eigenvalue weighted by molar-refractivity contribution is 0.589. The largest absolute Gasteiger partial charge is 0.273 e. The van der Waals surface area contributed by atoms with Crippen LogP contribution in [0.4, 0.5) is 4.39 Å². The zero-order chi connectivity index (χ0) is 11.8. The molecule has 16 heavy (non-hydrogen) atoms. The molecule has 0 spiro atoms. The molecule has 2 rings (SSSR count). The molecule has 0 radical (unpaired) electrons. The van der Waals surface area contributed by atoms with Gasteiger partial charge in [-0.15, -0.1) is 0 Å². The number of rotatable bonds is 2. The Kier molecular flexibility index (Phi) is 2.44. The molecule has 0 saturated heterocycles. The number of H-pyrrole nitrogens is 1. The zero-order valence-corrected chi connectivity index (χ0v) is 8.70. The first kappa shape index (κ1) is 10.7. The van der Waals surface area contributed by atoms with Crippen molar-refractivity contribution >= 4 is 10.0 Å². The van der Waals surface area contributed by atoms with Crippen molar-refractivity contribution < 1.29 is 12.8 Å². The van der Waals surface area contributed by atoms with E-state index in [2.05, 4.69) is 15.2 Å². The summed E-state index contributed by atoms with van der Waals surface area (Å²) >= 11 is 0. The molecule has 0 saturated carbocycles. The van der Waals surface area contributed by atoms with E-state index in [0.29, 0.717) is 0 Å². The number of hydrogen-bond donors (Lipinski definition) is 2. The molecule has 0 aliphatic heterocycles. The Labute approximate surface area is 90.4 Å². The fourth-order valence-corrected chi connectivity index (χ4v) is 1.52. The van der Waals surface area contributed by atoms with E-state index in [9.17, 15) is 12.8 Å². The van der Waals surface area contributed by atoms with Crippen LogP contribution < -0.4 is 5.14 Å². The lowest BCUT2D eigenvalue weighted by Crippen LogP contribution is -2.13. The summed E-state index contributed by atoms with van der Waals surface area (Å²) < 4.78 is 35.1. The predicted molar refractivity (Wildman–Crippen MR) is 53.1 cm³/mol. The second kappa shape index (κ2) is 3.65. The van der Waals surface area contributed by atoms with Gasteiger partial charge < -0.3 is 0 Å². The molecule has 2 aromatic rings. The van der Waals surface area contributed by atoms with Gasteiger partial charge in [0.25, 0.3) is 15.2 Å². The minimum Gasteiger partial charge on any atom is -0.248 e. The molecule has 1 aromatic carbocycles. The Hall–Kier alpha value is -1.80. The number of hydrogen-bond acceptors (Lipinski definition) is 4. The highest BCUT2D eigenvalue weighted by Crippen LogP contribution is 2.18. The molecule has 0 fully saturated rings. The van der Waals surface area contributed by atoms with Crippen molar-refractivity contribution in [3.63, 3.8) is 0 Å². The summed E-state index contributed by atoms with van der Waals surface area (Å²) in [5.41, 5.74) is 0.105. The summed E-state index contributed by atoms with van der Waals surface area (Å²) in [6, 6.07) is 5.76. The Morgan fingerprint density at radius 2 is 2.00 bits per heavy atom. The predicted octanol–water partition coefficient (Wildman–Crippen LogP) is 0.258. The van der Waals surface area contributed by atoms with E-state index < -0.39 is 21.0 Å². The monoisotopic (exact) mass is 242 g/mol. The summed E-state index contributed by atoms with van der Waals surface area (Å²) in [4.78, 5) is 3.59. The summed E-state index contributed by atoms with van der Waals surface area (Å²) in [7, 11) is -3.95. The van der Waals surface area contributed by atoms with Gasteiger partial charge in [0, 0.05) is 0 Å². The van der Waals surface area contributed by atoms with Crippen LogP contribution >= 0.6 is 0 Å². The van der Waals surface area contributed by atoms with Crippen LogP contribution in [0.25, 0.3) is 11.4 Å². The van der Waals surface area contributed by atoms with Gasteiger partial charge in [0.05, 0.1) is 5.56 Å². The molecule has 1 heterocycles. The number of halogens is 1. The Morgan fingerprint density at radius 3 is 2.56 bits per heavy atom. The first-order valence-corrected chi connectivity index (χ1v) is 5.73. The van der Waals surface area contributed by atoms with Crippen molar-refractivity contribution in [1.82, 2.24) is 15.2 Å². The molecule has 0 unspecified atom stereocenters. The maximum atomic E-state index is 13.3. The summed E-state index contributed by atoms with van der Waals surface area (Å²) in [6.07, 6.45) is 0. The molecule has 0 aliphatic carbocycles. The molecule has 1 aromatic heterocycles. The topological polar surface area (TPSA) is 102 Å². The molecular formula is C8H7FN4O2S. The number of aromatic amines is 1. The number of aromatic nitrogens is 3. The Morgan fingerprint density at radius 1 is 1.31 bits per heavy atom. The lowest BCUT2D eigenvalue weighted by Gasteiger charge is -1.95. The van der Waals surface area contributed by atoms with Gasteiger partial charge in [0.15, 0.2) is 5.82 Å². The van der Waals surface area contributed by atoms with Gasteiger partial charge in [0.2, 0.25) is 0 Å². The van der Waals surface area contributed by atoms with Crippen molar-refractivity contribution in [2.75, 3.05) is 0 Å². The smallest absolute Gasteiger partial charge is 0.248 e. The normalized spacial score (nSPS) is 11.6. The van der Waals surface area contributed by atoms with E-state index in [1.54, 1.807) is 6.07 Å². The summed E-state index contributed by atoms with van der Waals surface area (Å²) in [6.45, 7) is 0. The van der Waals surface area contributed by atoms with Crippen LogP contribution in [0.15, 0.2) is 29.4 Å². The Balaban J connectivity index is 2.52. The van der Waals surface area contributed by atoms with E-state index >= 15 is 0 Å². The van der Waals surface area contributed by atoms with Crippen molar-refractivity contribution in [2.24, 2.45) is 5.14 Å². The molecule has 6 nitrogen and oxygen atoms in total. The minimum absolute atomic E-state index is 0.0536. The molecule has 0 bridgehead atoms. The molecule has 84 valence electrons. The van der Waals surface area contributed by atoms with Gasteiger partial charge in [0.1, 0.15) is 5.82 Å². The van der Waals surface area contributed by atoms with Crippen LogP contribution in [0.5, 0.6) is 0 Å². The fourth-order valence-electron chi connectivity index (χ4n) is 1.14. The first-order valence-electron chi connectivity index (χ1n) is 4.18. The molecule has 8 heteroatoms. The van der Waals surface area contributed by atoms with Crippen LogP contribution in [0.1, 0.15) is 0 Å². The van der Waals surface area contributed by atoms with E-state index in [4.69, 9.17) is 5.14 Å². The van der Waals surface area contributed by atoms with Gasteiger partial charge >= 0.3 is 0 Å². The van der Waals surface area contributed by atoms with Crippen LogP contribution in [0, 0.1) is 5.82 Å². The molecule has 0 atom stereocenters. The highest BCUT2D eigenvalue weighted by atomic mass is 32.2. The van der Waals surface area contributed by atoms with Crippen LogP contribution in [0.2, 0.25) is 0 Å². The van der Waals surface area contributed by atoms with E-state index in [0.717, 1.165) is 0 Å². The van der Waals surface area contributed by atoms with E-state index in [1.165, 1.54) is 18.2 Å². The minimum atomic E-state index is -3.95. The van der Waals surface area contributed by atoms with Gasteiger partial charge in [-0.2, -0.15) is 10.1 Å². The fraction of sp³-hybridized carbons (Fsp3) is 0. The van der Waals surface area contributed by atoms with Gasteiger partial charge in [-0.3, -0.25) is 0 Å². The number of sulfonamides is 1. The van der Waals surface area contributed by atoms with Crippen molar-refractivity contribution in [1.29, 1.82) is 0 Å². The lowest BCUT2D eigenvalue weighted by atomic mass is 10.2. The summed E-state index contributed by atoms with van der Waals surface area (Å²) in [5, 5.41) is 10.0.